The predicted molar refractivity (Wildman–Crippen MR) is 75.4 cm³/mol. The van der Waals surface area contributed by atoms with Gasteiger partial charge in [-0.15, -0.1) is 10.2 Å². The zero-order valence-electron chi connectivity index (χ0n) is 12.4. The summed E-state index contributed by atoms with van der Waals surface area (Å²) in [7, 11) is 0. The normalized spacial score (nSPS) is 14.8. The molecule has 0 amide bonds. The molecule has 0 atom stereocenters. The lowest BCUT2D eigenvalue weighted by atomic mass is 10.1. The van der Waals surface area contributed by atoms with E-state index in [-0.39, 0.29) is 6.42 Å². The molecule has 0 radical (unpaired) electrons. The van der Waals surface area contributed by atoms with E-state index in [4.69, 9.17) is 5.11 Å². The Kier molecular flexibility index (Phi) is 5.11. The number of carboxylic acid groups (broad SMARTS) is 1. The van der Waals surface area contributed by atoms with Crippen LogP contribution in [0.2, 0.25) is 0 Å². The molecule has 0 aromatic carbocycles. The van der Waals surface area contributed by atoms with Gasteiger partial charge in [-0.1, -0.05) is 0 Å². The second-order valence-corrected chi connectivity index (χ2v) is 5.70. The molecule has 0 fully saturated rings. The number of aryl methyl sites for hydroxylation is 1. The van der Waals surface area contributed by atoms with Crippen molar-refractivity contribution in [2.45, 2.75) is 65.1 Å². The van der Waals surface area contributed by atoms with Crippen LogP contribution in [0.4, 0.5) is 0 Å². The average Bonchev–Trinajstić information content (AvgIpc) is 2.80. The first-order valence-corrected chi connectivity index (χ1v) is 7.44. The molecule has 2 heterocycles. The maximum atomic E-state index is 10.6. The van der Waals surface area contributed by atoms with E-state index < -0.39 is 5.97 Å². The summed E-state index contributed by atoms with van der Waals surface area (Å²) in [5.41, 5.74) is 0. The number of nitrogens with zero attached hydrogens (tertiary/aromatic N) is 4. The van der Waals surface area contributed by atoms with Crippen LogP contribution in [-0.4, -0.2) is 43.3 Å². The quantitative estimate of drug-likeness (QED) is 0.823. The second kappa shape index (κ2) is 6.83. The first-order valence-electron chi connectivity index (χ1n) is 7.44. The number of hydrogen-bond acceptors (Lipinski definition) is 4. The molecule has 2 rings (SSSR count). The van der Waals surface area contributed by atoms with Crippen molar-refractivity contribution < 1.29 is 9.90 Å². The van der Waals surface area contributed by atoms with Gasteiger partial charge in [0.15, 0.2) is 0 Å². The Bertz CT molecular complexity index is 456. The Hall–Kier alpha value is -1.43. The van der Waals surface area contributed by atoms with Gasteiger partial charge in [-0.05, 0) is 39.7 Å². The SMILES string of the molecule is CC(C)N(CCCC(=O)O)Cc1nnc2n1CCCC2. The van der Waals surface area contributed by atoms with Gasteiger partial charge in [-0.2, -0.15) is 0 Å². The average molecular weight is 280 g/mol. The van der Waals surface area contributed by atoms with Gasteiger partial charge in [0.25, 0.3) is 0 Å². The van der Waals surface area contributed by atoms with Crippen LogP contribution < -0.4 is 0 Å². The third-order valence-electron chi connectivity index (χ3n) is 3.85. The van der Waals surface area contributed by atoms with Crippen molar-refractivity contribution in [2.24, 2.45) is 0 Å². The minimum atomic E-state index is -0.728. The van der Waals surface area contributed by atoms with E-state index in [1.165, 1.54) is 12.8 Å². The smallest absolute Gasteiger partial charge is 0.303 e. The summed E-state index contributed by atoms with van der Waals surface area (Å²) < 4.78 is 2.23. The molecule has 1 aliphatic heterocycles. The van der Waals surface area contributed by atoms with Crippen LogP contribution in [-0.2, 0) is 24.3 Å². The van der Waals surface area contributed by atoms with Gasteiger partial charge in [-0.25, -0.2) is 0 Å². The fourth-order valence-corrected chi connectivity index (χ4v) is 2.62. The maximum Gasteiger partial charge on any atom is 0.303 e. The monoisotopic (exact) mass is 280 g/mol. The Morgan fingerprint density at radius 2 is 2.20 bits per heavy atom. The summed E-state index contributed by atoms with van der Waals surface area (Å²) >= 11 is 0. The molecular weight excluding hydrogens is 256 g/mol. The van der Waals surface area contributed by atoms with Gasteiger partial charge in [-0.3, -0.25) is 9.69 Å². The minimum Gasteiger partial charge on any atom is -0.481 e. The molecule has 112 valence electrons. The predicted octanol–water partition coefficient (Wildman–Crippen LogP) is 1.69. The van der Waals surface area contributed by atoms with Gasteiger partial charge in [0, 0.05) is 25.4 Å². The number of fused-ring (bicyclic) bond motifs is 1. The Labute approximate surface area is 119 Å². The largest absolute Gasteiger partial charge is 0.481 e. The summed E-state index contributed by atoms with van der Waals surface area (Å²) in [6.45, 7) is 6.82. The summed E-state index contributed by atoms with van der Waals surface area (Å²) in [5, 5.41) is 17.3. The van der Waals surface area contributed by atoms with Gasteiger partial charge in [0.05, 0.1) is 6.54 Å². The highest BCUT2D eigenvalue weighted by Gasteiger charge is 2.19. The van der Waals surface area contributed by atoms with Gasteiger partial charge < -0.3 is 9.67 Å². The highest BCUT2D eigenvalue weighted by Crippen LogP contribution is 2.16. The molecule has 1 N–H and O–H groups in total. The summed E-state index contributed by atoms with van der Waals surface area (Å²) in [4.78, 5) is 12.9. The minimum absolute atomic E-state index is 0.223. The van der Waals surface area contributed by atoms with Crippen LogP contribution in [0.3, 0.4) is 0 Å². The molecule has 0 saturated heterocycles. The standard InChI is InChI=1S/C14H24N4O2/c1-11(2)17(8-5-7-14(19)20)10-13-16-15-12-6-3-4-9-18(12)13/h11H,3-10H2,1-2H3,(H,19,20). The third-order valence-corrected chi connectivity index (χ3v) is 3.85. The van der Waals surface area contributed by atoms with Crippen molar-refractivity contribution in [1.82, 2.24) is 19.7 Å². The van der Waals surface area contributed by atoms with Crippen molar-refractivity contribution >= 4 is 5.97 Å². The van der Waals surface area contributed by atoms with Crippen LogP contribution in [0.15, 0.2) is 0 Å². The lowest BCUT2D eigenvalue weighted by molar-refractivity contribution is -0.137. The summed E-state index contributed by atoms with van der Waals surface area (Å²) in [6.07, 6.45) is 4.31. The summed E-state index contributed by atoms with van der Waals surface area (Å²) in [6, 6.07) is 0.375. The van der Waals surface area contributed by atoms with Crippen LogP contribution in [0.25, 0.3) is 0 Å². The first kappa shape index (κ1) is 15.0. The van der Waals surface area contributed by atoms with E-state index >= 15 is 0 Å². The Morgan fingerprint density at radius 3 is 2.90 bits per heavy atom. The number of aliphatic carboxylic acids is 1. The van der Waals surface area contributed by atoms with Gasteiger partial charge in [0.1, 0.15) is 11.6 Å². The van der Waals surface area contributed by atoms with Crippen molar-refractivity contribution in [3.05, 3.63) is 11.6 Å². The number of carboxylic acids is 1. The fraction of sp³-hybridized carbons (Fsp3) is 0.786. The molecule has 20 heavy (non-hydrogen) atoms. The van der Waals surface area contributed by atoms with Crippen molar-refractivity contribution in [2.75, 3.05) is 6.54 Å². The van der Waals surface area contributed by atoms with Crippen molar-refractivity contribution in [3.8, 4) is 0 Å². The summed E-state index contributed by atoms with van der Waals surface area (Å²) in [5.74, 6) is 1.39. The van der Waals surface area contributed by atoms with E-state index in [0.717, 1.165) is 37.7 Å². The molecule has 1 aliphatic rings. The van der Waals surface area contributed by atoms with E-state index in [9.17, 15) is 4.79 Å². The first-order chi connectivity index (χ1) is 9.58. The zero-order chi connectivity index (χ0) is 14.5. The van der Waals surface area contributed by atoms with Crippen LogP contribution in [0.5, 0.6) is 0 Å². The fourth-order valence-electron chi connectivity index (χ4n) is 2.62. The van der Waals surface area contributed by atoms with Crippen LogP contribution in [0, 0.1) is 0 Å². The molecule has 6 nitrogen and oxygen atoms in total. The van der Waals surface area contributed by atoms with E-state index in [0.29, 0.717) is 12.5 Å². The van der Waals surface area contributed by atoms with Gasteiger partial charge in [0.2, 0.25) is 0 Å². The molecular formula is C14H24N4O2. The third kappa shape index (κ3) is 3.79. The number of aromatic nitrogens is 3. The zero-order valence-corrected chi connectivity index (χ0v) is 12.4. The molecule has 1 aromatic rings. The molecule has 0 unspecified atom stereocenters. The number of carbonyl (C=O) groups is 1. The molecule has 1 aromatic heterocycles. The van der Waals surface area contributed by atoms with Crippen LogP contribution >= 0.6 is 0 Å². The highest BCUT2D eigenvalue weighted by molar-refractivity contribution is 5.66. The number of hydrogen-bond donors (Lipinski definition) is 1. The number of rotatable bonds is 7. The highest BCUT2D eigenvalue weighted by atomic mass is 16.4. The lowest BCUT2D eigenvalue weighted by Gasteiger charge is -2.26. The Morgan fingerprint density at radius 1 is 1.40 bits per heavy atom. The maximum absolute atomic E-state index is 10.6. The molecule has 0 aliphatic carbocycles. The van der Waals surface area contributed by atoms with Crippen LogP contribution in [0.1, 0.15) is 51.2 Å². The lowest BCUT2D eigenvalue weighted by Crippen LogP contribution is -2.33. The Balaban J connectivity index is 1.97. The molecule has 0 saturated carbocycles. The van der Waals surface area contributed by atoms with Crippen molar-refractivity contribution in [3.63, 3.8) is 0 Å². The second-order valence-electron chi connectivity index (χ2n) is 5.70. The van der Waals surface area contributed by atoms with E-state index in [2.05, 4.69) is 33.5 Å². The molecule has 0 spiro atoms. The van der Waals surface area contributed by atoms with E-state index in [1.807, 2.05) is 0 Å². The van der Waals surface area contributed by atoms with Gasteiger partial charge >= 0.3 is 5.97 Å². The topological polar surface area (TPSA) is 71.2 Å². The molecule has 0 bridgehead atoms. The van der Waals surface area contributed by atoms with E-state index in [1.54, 1.807) is 0 Å². The van der Waals surface area contributed by atoms with Crippen molar-refractivity contribution in [1.29, 1.82) is 0 Å². The molecule has 6 heteroatoms.